The van der Waals surface area contributed by atoms with Crippen LogP contribution >= 0.6 is 0 Å². The number of benzene rings is 1. The number of carbonyl (C=O) groups is 2. The summed E-state index contributed by atoms with van der Waals surface area (Å²) >= 11 is 0. The van der Waals surface area contributed by atoms with Gasteiger partial charge >= 0.3 is 0 Å². The van der Waals surface area contributed by atoms with Gasteiger partial charge in [-0.2, -0.15) is 0 Å². The van der Waals surface area contributed by atoms with Gasteiger partial charge in [0.05, 0.1) is 18.2 Å². The van der Waals surface area contributed by atoms with E-state index in [1.165, 1.54) is 11.1 Å². The first-order valence-corrected chi connectivity index (χ1v) is 9.20. The maximum Gasteiger partial charge on any atom is 0.237 e. The van der Waals surface area contributed by atoms with Gasteiger partial charge in [-0.05, 0) is 31.9 Å². The molecule has 1 aliphatic heterocycles. The van der Waals surface area contributed by atoms with Crippen molar-refractivity contribution in [1.29, 1.82) is 0 Å². The summed E-state index contributed by atoms with van der Waals surface area (Å²) in [5.41, 5.74) is 4.01. The van der Waals surface area contributed by atoms with E-state index in [0.717, 1.165) is 17.8 Å². The second-order valence-electron chi connectivity index (χ2n) is 6.99. The Hall–Kier alpha value is -2.67. The molecule has 7 nitrogen and oxygen atoms in total. The quantitative estimate of drug-likeness (QED) is 0.807. The van der Waals surface area contributed by atoms with Crippen LogP contribution in [0.2, 0.25) is 0 Å². The molecule has 2 amide bonds. The number of hydrogen-bond donors (Lipinski definition) is 2. The van der Waals surface area contributed by atoms with Crippen LogP contribution in [-0.2, 0) is 22.7 Å². The van der Waals surface area contributed by atoms with Crippen molar-refractivity contribution in [3.05, 3.63) is 52.4 Å². The third kappa shape index (κ3) is 4.54. The molecule has 1 aromatic heterocycles. The van der Waals surface area contributed by atoms with Crippen molar-refractivity contribution in [1.82, 2.24) is 20.7 Å². The summed E-state index contributed by atoms with van der Waals surface area (Å²) in [4.78, 5) is 26.9. The number of nitrogens with one attached hydrogen (secondary N) is 2. The second kappa shape index (κ2) is 8.35. The molecular weight excluding hydrogens is 344 g/mol. The van der Waals surface area contributed by atoms with E-state index < -0.39 is 6.04 Å². The molecule has 1 saturated heterocycles. The van der Waals surface area contributed by atoms with Crippen LogP contribution in [0.25, 0.3) is 0 Å². The molecule has 1 aliphatic rings. The fourth-order valence-electron chi connectivity index (χ4n) is 3.37. The van der Waals surface area contributed by atoms with E-state index in [2.05, 4.69) is 39.7 Å². The van der Waals surface area contributed by atoms with E-state index in [9.17, 15) is 9.59 Å². The minimum Gasteiger partial charge on any atom is -0.361 e. The van der Waals surface area contributed by atoms with Gasteiger partial charge in [0.15, 0.2) is 0 Å². The largest absolute Gasteiger partial charge is 0.361 e. The zero-order valence-corrected chi connectivity index (χ0v) is 16.0. The van der Waals surface area contributed by atoms with Crippen molar-refractivity contribution in [3.8, 4) is 0 Å². The van der Waals surface area contributed by atoms with Crippen molar-refractivity contribution < 1.29 is 14.1 Å². The molecule has 0 spiro atoms. The highest BCUT2D eigenvalue weighted by molar-refractivity contribution is 5.88. The molecule has 2 heterocycles. The topological polar surface area (TPSA) is 87.5 Å². The summed E-state index contributed by atoms with van der Waals surface area (Å²) in [6.45, 7) is 8.05. The molecule has 0 unspecified atom stereocenters. The Bertz CT molecular complexity index is 811. The van der Waals surface area contributed by atoms with E-state index in [1.807, 2.05) is 26.0 Å². The second-order valence-corrected chi connectivity index (χ2v) is 6.99. The highest BCUT2D eigenvalue weighted by atomic mass is 16.5. The zero-order chi connectivity index (χ0) is 19.4. The van der Waals surface area contributed by atoms with Gasteiger partial charge in [0.25, 0.3) is 0 Å². The van der Waals surface area contributed by atoms with Gasteiger partial charge in [-0.1, -0.05) is 29.4 Å². The Balaban J connectivity index is 1.63. The molecule has 0 aliphatic carbocycles. The van der Waals surface area contributed by atoms with Crippen molar-refractivity contribution in [2.75, 3.05) is 13.1 Å². The van der Waals surface area contributed by atoms with Crippen molar-refractivity contribution in [2.45, 2.75) is 46.3 Å². The van der Waals surface area contributed by atoms with Crippen LogP contribution in [0.3, 0.4) is 0 Å². The third-order valence-electron chi connectivity index (χ3n) is 5.10. The molecule has 0 saturated carbocycles. The predicted molar refractivity (Wildman–Crippen MR) is 101 cm³/mol. The maximum atomic E-state index is 12.5. The average molecular weight is 370 g/mol. The number of carbonyl (C=O) groups excluding carboxylic acids is 2. The fraction of sp³-hybridized carbons (Fsp3) is 0.450. The minimum atomic E-state index is -0.469. The van der Waals surface area contributed by atoms with Crippen LogP contribution in [0, 0.1) is 20.8 Å². The van der Waals surface area contributed by atoms with Gasteiger partial charge in [-0.25, -0.2) is 0 Å². The van der Waals surface area contributed by atoms with Crippen LogP contribution < -0.4 is 10.6 Å². The smallest absolute Gasteiger partial charge is 0.237 e. The highest BCUT2D eigenvalue weighted by Gasteiger charge is 2.31. The number of hydrogen-bond acceptors (Lipinski definition) is 5. The molecule has 27 heavy (non-hydrogen) atoms. The number of amides is 2. The molecule has 3 rings (SSSR count). The van der Waals surface area contributed by atoms with E-state index in [0.29, 0.717) is 25.4 Å². The summed E-state index contributed by atoms with van der Waals surface area (Å²) in [5.74, 6) is 0.443. The summed E-state index contributed by atoms with van der Waals surface area (Å²) in [7, 11) is 0. The van der Waals surface area contributed by atoms with Crippen LogP contribution in [0.5, 0.6) is 0 Å². The minimum absolute atomic E-state index is 0.0951. The number of aryl methyl sites for hydroxylation is 3. The van der Waals surface area contributed by atoms with Crippen LogP contribution in [0.4, 0.5) is 0 Å². The van der Waals surface area contributed by atoms with Crippen molar-refractivity contribution in [2.24, 2.45) is 0 Å². The first kappa shape index (κ1) is 19.1. The normalized spacial score (nSPS) is 17.6. The Kier molecular flexibility index (Phi) is 5.91. The summed E-state index contributed by atoms with van der Waals surface area (Å²) in [6.07, 6.45) is 0.126. The molecule has 2 aromatic rings. The van der Waals surface area contributed by atoms with Crippen molar-refractivity contribution >= 4 is 11.8 Å². The zero-order valence-electron chi connectivity index (χ0n) is 16.0. The summed E-state index contributed by atoms with van der Waals surface area (Å²) in [5, 5.41) is 9.65. The van der Waals surface area contributed by atoms with E-state index >= 15 is 0 Å². The maximum absolute atomic E-state index is 12.5. The Morgan fingerprint density at radius 2 is 2.11 bits per heavy atom. The predicted octanol–water partition coefficient (Wildman–Crippen LogP) is 1.61. The van der Waals surface area contributed by atoms with Gasteiger partial charge in [-0.15, -0.1) is 0 Å². The molecule has 0 radical (unpaired) electrons. The number of nitrogens with zero attached hydrogens (tertiary/aromatic N) is 2. The van der Waals surface area contributed by atoms with Gasteiger partial charge in [-0.3, -0.25) is 14.5 Å². The molecule has 7 heteroatoms. The highest BCUT2D eigenvalue weighted by Crippen LogP contribution is 2.17. The third-order valence-corrected chi connectivity index (χ3v) is 5.10. The standard InChI is InChI=1S/C20H26N4O3/c1-13-6-4-5-7-16(13)12-24-9-8-21-20(26)18(24)10-19(25)22-11-17-14(2)23-27-15(17)3/h4-7,18H,8-12H2,1-3H3,(H,21,26)(H,22,25)/t18-/m0/s1. The van der Waals surface area contributed by atoms with E-state index in [4.69, 9.17) is 4.52 Å². The lowest BCUT2D eigenvalue weighted by Crippen LogP contribution is -2.56. The lowest BCUT2D eigenvalue weighted by molar-refractivity contribution is -0.134. The fourth-order valence-corrected chi connectivity index (χ4v) is 3.37. The first-order valence-electron chi connectivity index (χ1n) is 9.20. The molecule has 0 bridgehead atoms. The summed E-state index contributed by atoms with van der Waals surface area (Å²) < 4.78 is 5.12. The molecule has 1 aromatic carbocycles. The van der Waals surface area contributed by atoms with Gasteiger partial charge in [0.2, 0.25) is 11.8 Å². The van der Waals surface area contributed by atoms with Gasteiger partial charge in [0.1, 0.15) is 5.76 Å². The first-order chi connectivity index (χ1) is 13.0. The molecule has 1 fully saturated rings. The van der Waals surface area contributed by atoms with Crippen LogP contribution in [0.15, 0.2) is 28.8 Å². The molecular formula is C20H26N4O3. The Morgan fingerprint density at radius 3 is 2.81 bits per heavy atom. The van der Waals surface area contributed by atoms with Gasteiger partial charge < -0.3 is 15.2 Å². The van der Waals surface area contributed by atoms with Gasteiger partial charge in [0, 0.05) is 31.7 Å². The molecule has 144 valence electrons. The van der Waals surface area contributed by atoms with Crippen molar-refractivity contribution in [3.63, 3.8) is 0 Å². The lowest BCUT2D eigenvalue weighted by atomic mass is 10.0. The molecule has 1 atom stereocenters. The van der Waals surface area contributed by atoms with Crippen LogP contribution in [-0.4, -0.2) is 41.0 Å². The monoisotopic (exact) mass is 370 g/mol. The lowest BCUT2D eigenvalue weighted by Gasteiger charge is -2.35. The number of piperazine rings is 1. The van der Waals surface area contributed by atoms with E-state index in [-0.39, 0.29) is 18.2 Å². The number of aromatic nitrogens is 1. The number of rotatable bonds is 6. The molecule has 2 N–H and O–H groups in total. The van der Waals surface area contributed by atoms with E-state index in [1.54, 1.807) is 0 Å². The van der Waals surface area contributed by atoms with Crippen LogP contribution in [0.1, 0.15) is 34.6 Å². The summed E-state index contributed by atoms with van der Waals surface area (Å²) in [6, 6.07) is 7.66. The Morgan fingerprint density at radius 1 is 1.33 bits per heavy atom. The SMILES string of the molecule is Cc1ccccc1CN1CCNC(=O)[C@@H]1CC(=O)NCc1c(C)noc1C. The Labute approximate surface area is 159 Å². The average Bonchev–Trinajstić information content (AvgIpc) is 2.96.